The number of aliphatic carboxylic acids is 1. The molecule has 0 heterocycles. The van der Waals surface area contributed by atoms with Gasteiger partial charge in [0, 0.05) is 12.6 Å². The first-order chi connectivity index (χ1) is 9.15. The molecular weight excluding hydrogens is 244 g/mol. The van der Waals surface area contributed by atoms with Crippen LogP contribution in [0.25, 0.3) is 0 Å². The van der Waals surface area contributed by atoms with E-state index < -0.39 is 5.97 Å². The van der Waals surface area contributed by atoms with Gasteiger partial charge in [-0.2, -0.15) is 0 Å². The Morgan fingerprint density at radius 2 is 1.95 bits per heavy atom. The summed E-state index contributed by atoms with van der Waals surface area (Å²) in [5.41, 5.74) is 1.03. The molecule has 1 fully saturated rings. The zero-order chi connectivity index (χ0) is 13.7. The highest BCUT2D eigenvalue weighted by Gasteiger charge is 2.30. The van der Waals surface area contributed by atoms with E-state index >= 15 is 0 Å². The molecule has 0 spiro atoms. The molecule has 5 heteroatoms. The smallest absolute Gasteiger partial charge is 0.315 e. The lowest BCUT2D eigenvalue weighted by Gasteiger charge is -2.13. The molecule has 0 aromatic heterocycles. The van der Waals surface area contributed by atoms with Crippen LogP contribution in [-0.4, -0.2) is 23.1 Å². The zero-order valence-corrected chi connectivity index (χ0v) is 10.6. The molecule has 3 N–H and O–H groups in total. The van der Waals surface area contributed by atoms with Crippen molar-refractivity contribution in [3.63, 3.8) is 0 Å². The number of benzene rings is 1. The first-order valence-corrected chi connectivity index (χ1v) is 6.46. The van der Waals surface area contributed by atoms with Crippen molar-refractivity contribution in [3.05, 3.63) is 35.9 Å². The summed E-state index contributed by atoms with van der Waals surface area (Å²) in [4.78, 5) is 22.5. The lowest BCUT2D eigenvalue weighted by molar-refractivity contribution is -0.141. The van der Waals surface area contributed by atoms with Crippen LogP contribution in [0.2, 0.25) is 0 Å². The zero-order valence-electron chi connectivity index (χ0n) is 10.6. The number of rotatable bonds is 4. The molecule has 0 radical (unpaired) electrons. The van der Waals surface area contributed by atoms with Gasteiger partial charge in [0.15, 0.2) is 0 Å². The van der Waals surface area contributed by atoms with Crippen molar-refractivity contribution in [1.29, 1.82) is 0 Å². The van der Waals surface area contributed by atoms with Gasteiger partial charge in [-0.1, -0.05) is 30.3 Å². The molecule has 19 heavy (non-hydrogen) atoms. The summed E-state index contributed by atoms with van der Waals surface area (Å²) in [6.45, 7) is 0.474. The topological polar surface area (TPSA) is 78.4 Å². The second-order valence-electron chi connectivity index (χ2n) is 4.86. The van der Waals surface area contributed by atoms with E-state index in [1.165, 1.54) is 0 Å². The molecule has 1 aromatic carbocycles. The fraction of sp³-hybridized carbons (Fsp3) is 0.429. The van der Waals surface area contributed by atoms with E-state index in [0.717, 1.165) is 12.0 Å². The van der Waals surface area contributed by atoms with Gasteiger partial charge >= 0.3 is 12.0 Å². The molecule has 2 unspecified atom stereocenters. The largest absolute Gasteiger partial charge is 0.481 e. The summed E-state index contributed by atoms with van der Waals surface area (Å²) in [5.74, 6) is -1.09. The highest BCUT2D eigenvalue weighted by atomic mass is 16.4. The number of amides is 2. The lowest BCUT2D eigenvalue weighted by Crippen LogP contribution is -2.40. The second-order valence-corrected chi connectivity index (χ2v) is 4.86. The molecule has 1 aliphatic carbocycles. The molecule has 1 saturated carbocycles. The van der Waals surface area contributed by atoms with Crippen molar-refractivity contribution in [2.75, 3.05) is 0 Å². The van der Waals surface area contributed by atoms with Crippen molar-refractivity contribution >= 4 is 12.0 Å². The van der Waals surface area contributed by atoms with Crippen LogP contribution in [0, 0.1) is 5.92 Å². The summed E-state index contributed by atoms with van der Waals surface area (Å²) < 4.78 is 0. The lowest BCUT2D eigenvalue weighted by atomic mass is 10.1. The number of carbonyl (C=O) groups is 2. The minimum Gasteiger partial charge on any atom is -0.481 e. The third-order valence-corrected chi connectivity index (χ3v) is 3.41. The summed E-state index contributed by atoms with van der Waals surface area (Å²) in [6.07, 6.45) is 1.89. The van der Waals surface area contributed by atoms with Gasteiger partial charge in [0.2, 0.25) is 0 Å². The predicted octanol–water partition coefficient (Wildman–Crippen LogP) is 1.74. The maximum absolute atomic E-state index is 11.7. The molecule has 5 nitrogen and oxygen atoms in total. The van der Waals surface area contributed by atoms with E-state index in [2.05, 4.69) is 10.6 Å². The molecular formula is C14H18N2O3. The van der Waals surface area contributed by atoms with Gasteiger partial charge in [-0.05, 0) is 24.8 Å². The van der Waals surface area contributed by atoms with E-state index in [1.807, 2.05) is 30.3 Å². The van der Waals surface area contributed by atoms with E-state index in [0.29, 0.717) is 19.4 Å². The first kappa shape index (κ1) is 13.4. The van der Waals surface area contributed by atoms with Gasteiger partial charge in [-0.25, -0.2) is 4.79 Å². The van der Waals surface area contributed by atoms with Gasteiger partial charge in [-0.15, -0.1) is 0 Å². The summed E-state index contributed by atoms with van der Waals surface area (Å²) in [7, 11) is 0. The van der Waals surface area contributed by atoms with Crippen molar-refractivity contribution in [2.45, 2.75) is 31.8 Å². The van der Waals surface area contributed by atoms with E-state index in [9.17, 15) is 9.59 Å². The number of hydrogen-bond donors (Lipinski definition) is 3. The highest BCUT2D eigenvalue weighted by Crippen LogP contribution is 2.25. The van der Waals surface area contributed by atoms with Gasteiger partial charge in [0.25, 0.3) is 0 Å². The number of urea groups is 1. The van der Waals surface area contributed by atoms with Crippen LogP contribution in [0.15, 0.2) is 30.3 Å². The molecule has 2 rings (SSSR count). The molecule has 102 valence electrons. The molecule has 0 aliphatic heterocycles. The predicted molar refractivity (Wildman–Crippen MR) is 70.6 cm³/mol. The van der Waals surface area contributed by atoms with E-state index in [-0.39, 0.29) is 18.0 Å². The van der Waals surface area contributed by atoms with Crippen molar-refractivity contribution < 1.29 is 14.7 Å². The monoisotopic (exact) mass is 262 g/mol. The number of hydrogen-bond acceptors (Lipinski definition) is 2. The molecule has 2 atom stereocenters. The highest BCUT2D eigenvalue weighted by molar-refractivity contribution is 5.75. The Hall–Kier alpha value is -2.04. The van der Waals surface area contributed by atoms with Crippen LogP contribution >= 0.6 is 0 Å². The summed E-state index contributed by atoms with van der Waals surface area (Å²) in [6, 6.07) is 9.38. The van der Waals surface area contributed by atoms with Crippen LogP contribution in [-0.2, 0) is 11.3 Å². The van der Waals surface area contributed by atoms with Gasteiger partial charge in [0.1, 0.15) is 0 Å². The number of carboxylic acid groups (broad SMARTS) is 1. The molecule has 1 aliphatic rings. The Kier molecular flexibility index (Phi) is 4.39. The average molecular weight is 262 g/mol. The Morgan fingerprint density at radius 1 is 1.21 bits per heavy atom. The third-order valence-electron chi connectivity index (χ3n) is 3.41. The Bertz CT molecular complexity index is 447. The summed E-state index contributed by atoms with van der Waals surface area (Å²) >= 11 is 0. The maximum atomic E-state index is 11.7. The Balaban J connectivity index is 1.72. The van der Waals surface area contributed by atoms with E-state index in [4.69, 9.17) is 5.11 Å². The number of carboxylic acids is 1. The minimum absolute atomic E-state index is 0.0307. The normalized spacial score (nSPS) is 21.9. The molecule has 2 amide bonds. The third kappa shape index (κ3) is 3.98. The molecule has 0 bridgehead atoms. The van der Waals surface area contributed by atoms with Crippen LogP contribution < -0.4 is 10.6 Å². The first-order valence-electron chi connectivity index (χ1n) is 6.46. The SMILES string of the molecule is O=C(NCc1ccccc1)NC1CCC(C(=O)O)C1. The summed E-state index contributed by atoms with van der Waals surface area (Å²) in [5, 5.41) is 14.5. The molecule has 0 saturated heterocycles. The van der Waals surface area contributed by atoms with Gasteiger partial charge < -0.3 is 15.7 Å². The number of carbonyl (C=O) groups excluding carboxylic acids is 1. The average Bonchev–Trinajstić information content (AvgIpc) is 2.86. The van der Waals surface area contributed by atoms with E-state index in [1.54, 1.807) is 0 Å². The fourth-order valence-corrected chi connectivity index (χ4v) is 2.35. The fourth-order valence-electron chi connectivity index (χ4n) is 2.35. The molecule has 1 aromatic rings. The van der Waals surface area contributed by atoms with Crippen molar-refractivity contribution in [3.8, 4) is 0 Å². The van der Waals surface area contributed by atoms with Gasteiger partial charge in [0.05, 0.1) is 5.92 Å². The van der Waals surface area contributed by atoms with Crippen molar-refractivity contribution in [1.82, 2.24) is 10.6 Å². The minimum atomic E-state index is -0.769. The Morgan fingerprint density at radius 3 is 2.58 bits per heavy atom. The van der Waals surface area contributed by atoms with Crippen LogP contribution in [0.4, 0.5) is 4.79 Å². The van der Waals surface area contributed by atoms with Crippen LogP contribution in [0.5, 0.6) is 0 Å². The quantitative estimate of drug-likeness (QED) is 0.773. The van der Waals surface area contributed by atoms with Gasteiger partial charge in [-0.3, -0.25) is 4.79 Å². The maximum Gasteiger partial charge on any atom is 0.315 e. The van der Waals surface area contributed by atoms with Crippen LogP contribution in [0.3, 0.4) is 0 Å². The Labute approximate surface area is 112 Å². The van der Waals surface area contributed by atoms with Crippen LogP contribution in [0.1, 0.15) is 24.8 Å². The van der Waals surface area contributed by atoms with Crippen molar-refractivity contribution in [2.24, 2.45) is 5.92 Å². The standard InChI is InChI=1S/C14H18N2O3/c17-13(18)11-6-7-12(8-11)16-14(19)15-9-10-4-2-1-3-5-10/h1-5,11-12H,6-9H2,(H,17,18)(H2,15,16,19). The number of nitrogens with one attached hydrogen (secondary N) is 2. The second kappa shape index (κ2) is 6.22.